The predicted octanol–water partition coefficient (Wildman–Crippen LogP) is 3.65. The van der Waals surface area contributed by atoms with E-state index in [1.54, 1.807) is 12.1 Å². The van der Waals surface area contributed by atoms with Gasteiger partial charge in [0.25, 0.3) is 0 Å². The highest BCUT2D eigenvalue weighted by molar-refractivity contribution is 5.90. The Hall–Kier alpha value is -2.76. The molecule has 25 heavy (non-hydrogen) atoms. The molecule has 1 saturated heterocycles. The first-order valence-electron chi connectivity index (χ1n) is 8.46. The van der Waals surface area contributed by atoms with Crippen LogP contribution >= 0.6 is 0 Å². The van der Waals surface area contributed by atoms with Crippen molar-refractivity contribution in [3.63, 3.8) is 0 Å². The molecule has 1 aliphatic rings. The minimum Gasteiger partial charge on any atom is -0.489 e. The maximum absolute atomic E-state index is 13.6. The molecular weight excluding hydrogens is 319 g/mol. The molecule has 0 spiro atoms. The third kappa shape index (κ3) is 3.24. The van der Waals surface area contributed by atoms with E-state index in [2.05, 4.69) is 19.9 Å². The lowest BCUT2D eigenvalue weighted by Crippen LogP contribution is -2.20. The lowest BCUT2D eigenvalue weighted by Gasteiger charge is -2.19. The van der Waals surface area contributed by atoms with Crippen LogP contribution in [0.1, 0.15) is 24.2 Å². The Morgan fingerprint density at radius 1 is 1.16 bits per heavy atom. The molecule has 0 radical (unpaired) electrons. The topological polar surface area (TPSA) is 51.1 Å². The van der Waals surface area contributed by atoms with Crippen LogP contribution in [0.25, 0.3) is 10.9 Å². The SMILES string of the molecule is Cc1nc(N2CCCC2)c2ccc(OCc3cccnc3F)cc2n1. The molecule has 0 amide bonds. The van der Waals surface area contributed by atoms with Gasteiger partial charge in [0.15, 0.2) is 0 Å². The molecule has 128 valence electrons. The Bertz CT molecular complexity index is 909. The number of anilines is 1. The molecule has 0 bridgehead atoms. The average Bonchev–Trinajstić information content (AvgIpc) is 3.14. The van der Waals surface area contributed by atoms with Gasteiger partial charge in [-0.2, -0.15) is 4.39 Å². The van der Waals surface area contributed by atoms with Crippen molar-refractivity contribution in [1.82, 2.24) is 15.0 Å². The van der Waals surface area contributed by atoms with Gasteiger partial charge in [0.2, 0.25) is 5.95 Å². The van der Waals surface area contributed by atoms with Crippen LogP contribution < -0.4 is 9.64 Å². The standard InChI is InChI=1S/C19H19FN4O/c1-13-22-17-11-15(25-12-14-5-4-8-21-18(14)20)6-7-16(17)19(23-13)24-9-2-3-10-24/h4-8,11H,2-3,9-10,12H2,1H3. The Labute approximate surface area is 145 Å². The van der Waals surface area contributed by atoms with Crippen molar-refractivity contribution >= 4 is 16.7 Å². The van der Waals surface area contributed by atoms with Gasteiger partial charge < -0.3 is 9.64 Å². The maximum Gasteiger partial charge on any atom is 0.219 e. The number of halogens is 1. The summed E-state index contributed by atoms with van der Waals surface area (Å²) < 4.78 is 19.3. The number of benzene rings is 1. The van der Waals surface area contributed by atoms with Gasteiger partial charge in [-0.05, 0) is 44.0 Å². The first-order valence-corrected chi connectivity index (χ1v) is 8.46. The molecule has 0 saturated carbocycles. The summed E-state index contributed by atoms with van der Waals surface area (Å²) in [4.78, 5) is 15.1. The van der Waals surface area contributed by atoms with Crippen molar-refractivity contribution < 1.29 is 9.13 Å². The second kappa shape index (κ2) is 6.63. The van der Waals surface area contributed by atoms with Crippen molar-refractivity contribution in [2.75, 3.05) is 18.0 Å². The summed E-state index contributed by atoms with van der Waals surface area (Å²) in [6, 6.07) is 9.12. The van der Waals surface area contributed by atoms with E-state index in [9.17, 15) is 4.39 Å². The van der Waals surface area contributed by atoms with Gasteiger partial charge in [-0.15, -0.1) is 0 Å². The number of aromatic nitrogens is 3. The van der Waals surface area contributed by atoms with E-state index < -0.39 is 5.95 Å². The van der Waals surface area contributed by atoms with Gasteiger partial charge in [-0.3, -0.25) is 0 Å². The highest BCUT2D eigenvalue weighted by Crippen LogP contribution is 2.29. The second-order valence-corrected chi connectivity index (χ2v) is 6.21. The normalized spacial score (nSPS) is 14.2. The van der Waals surface area contributed by atoms with E-state index in [1.807, 2.05) is 25.1 Å². The highest BCUT2D eigenvalue weighted by Gasteiger charge is 2.17. The Morgan fingerprint density at radius 3 is 2.80 bits per heavy atom. The first-order chi connectivity index (χ1) is 12.2. The van der Waals surface area contributed by atoms with E-state index in [1.165, 1.54) is 19.0 Å². The summed E-state index contributed by atoms with van der Waals surface area (Å²) in [5, 5.41) is 1.02. The van der Waals surface area contributed by atoms with Crippen LogP contribution in [0.4, 0.5) is 10.2 Å². The monoisotopic (exact) mass is 338 g/mol. The molecular formula is C19H19FN4O. The quantitative estimate of drug-likeness (QED) is 0.680. The van der Waals surface area contributed by atoms with E-state index in [0.717, 1.165) is 35.6 Å². The first kappa shape index (κ1) is 15.7. The van der Waals surface area contributed by atoms with Crippen LogP contribution in [0.3, 0.4) is 0 Å². The molecule has 3 heterocycles. The van der Waals surface area contributed by atoms with Gasteiger partial charge >= 0.3 is 0 Å². The molecule has 0 aliphatic carbocycles. The van der Waals surface area contributed by atoms with Crippen LogP contribution in [-0.2, 0) is 6.61 Å². The van der Waals surface area contributed by atoms with Crippen molar-refractivity contribution in [2.24, 2.45) is 0 Å². The molecule has 2 aromatic heterocycles. The molecule has 1 aromatic carbocycles. The lowest BCUT2D eigenvalue weighted by atomic mass is 10.2. The van der Waals surface area contributed by atoms with E-state index >= 15 is 0 Å². The molecule has 5 nitrogen and oxygen atoms in total. The zero-order valence-electron chi connectivity index (χ0n) is 14.1. The zero-order valence-corrected chi connectivity index (χ0v) is 14.1. The number of pyridine rings is 1. The third-order valence-corrected chi connectivity index (χ3v) is 4.40. The molecule has 0 N–H and O–H groups in total. The zero-order chi connectivity index (χ0) is 17.2. The Morgan fingerprint density at radius 2 is 2.00 bits per heavy atom. The number of ether oxygens (including phenoxy) is 1. The second-order valence-electron chi connectivity index (χ2n) is 6.21. The highest BCUT2D eigenvalue weighted by atomic mass is 19.1. The van der Waals surface area contributed by atoms with Gasteiger partial charge in [0.05, 0.1) is 5.52 Å². The van der Waals surface area contributed by atoms with Crippen molar-refractivity contribution in [2.45, 2.75) is 26.4 Å². The van der Waals surface area contributed by atoms with Gasteiger partial charge in [0.1, 0.15) is 24.0 Å². The van der Waals surface area contributed by atoms with E-state index in [0.29, 0.717) is 11.3 Å². The molecule has 0 atom stereocenters. The van der Waals surface area contributed by atoms with Crippen molar-refractivity contribution in [3.8, 4) is 5.75 Å². The number of aryl methyl sites for hydroxylation is 1. The molecule has 6 heteroatoms. The van der Waals surface area contributed by atoms with Gasteiger partial charge in [-0.25, -0.2) is 15.0 Å². The maximum atomic E-state index is 13.6. The lowest BCUT2D eigenvalue weighted by molar-refractivity contribution is 0.298. The van der Waals surface area contributed by atoms with Crippen LogP contribution in [0.2, 0.25) is 0 Å². The summed E-state index contributed by atoms with van der Waals surface area (Å²) in [6.45, 7) is 4.10. The van der Waals surface area contributed by atoms with Crippen LogP contribution in [0.15, 0.2) is 36.5 Å². The number of hydrogen-bond donors (Lipinski definition) is 0. The summed E-state index contributed by atoms with van der Waals surface area (Å²) in [6.07, 6.45) is 3.82. The van der Waals surface area contributed by atoms with Crippen molar-refractivity contribution in [1.29, 1.82) is 0 Å². The third-order valence-electron chi connectivity index (χ3n) is 4.40. The number of hydrogen-bond acceptors (Lipinski definition) is 5. The molecule has 1 fully saturated rings. The Kier molecular flexibility index (Phi) is 4.17. The Balaban J connectivity index is 1.62. The molecule has 1 aliphatic heterocycles. The average molecular weight is 338 g/mol. The van der Waals surface area contributed by atoms with Crippen molar-refractivity contribution in [3.05, 3.63) is 53.9 Å². The summed E-state index contributed by atoms with van der Waals surface area (Å²) in [5.41, 5.74) is 1.28. The predicted molar refractivity (Wildman–Crippen MR) is 94.2 cm³/mol. The number of fused-ring (bicyclic) bond motifs is 1. The molecule has 4 rings (SSSR count). The van der Waals surface area contributed by atoms with Gasteiger partial charge in [0, 0.05) is 36.3 Å². The number of nitrogens with zero attached hydrogens (tertiary/aromatic N) is 4. The smallest absolute Gasteiger partial charge is 0.219 e. The minimum atomic E-state index is -0.502. The fourth-order valence-corrected chi connectivity index (χ4v) is 3.15. The van der Waals surface area contributed by atoms with E-state index in [4.69, 9.17) is 4.74 Å². The van der Waals surface area contributed by atoms with Crippen LogP contribution in [-0.4, -0.2) is 28.0 Å². The summed E-state index contributed by atoms with van der Waals surface area (Å²) in [7, 11) is 0. The van der Waals surface area contributed by atoms with E-state index in [-0.39, 0.29) is 6.61 Å². The fraction of sp³-hybridized carbons (Fsp3) is 0.316. The number of rotatable bonds is 4. The van der Waals surface area contributed by atoms with Gasteiger partial charge in [-0.1, -0.05) is 0 Å². The summed E-state index contributed by atoms with van der Waals surface area (Å²) >= 11 is 0. The minimum absolute atomic E-state index is 0.133. The van der Waals surface area contributed by atoms with Crippen LogP contribution in [0.5, 0.6) is 5.75 Å². The fourth-order valence-electron chi connectivity index (χ4n) is 3.15. The molecule has 3 aromatic rings. The molecule has 0 unspecified atom stereocenters. The largest absolute Gasteiger partial charge is 0.489 e. The summed E-state index contributed by atoms with van der Waals surface area (Å²) in [5.74, 6) is 1.88. The van der Waals surface area contributed by atoms with Crippen LogP contribution in [0, 0.1) is 12.9 Å².